The van der Waals surface area contributed by atoms with Crippen LogP contribution < -0.4 is 9.47 Å². The number of carbonyl (C=O) groups excluding carboxylic acids is 1. The van der Waals surface area contributed by atoms with Crippen molar-refractivity contribution < 1.29 is 19.0 Å². The largest absolute Gasteiger partial charge is 0.493 e. The van der Waals surface area contributed by atoms with Crippen LogP contribution >= 0.6 is 0 Å². The van der Waals surface area contributed by atoms with Crippen molar-refractivity contribution in [2.45, 2.75) is 25.3 Å². The van der Waals surface area contributed by atoms with E-state index in [0.29, 0.717) is 36.3 Å². The molecule has 1 amide bonds. The summed E-state index contributed by atoms with van der Waals surface area (Å²) >= 11 is 0. The van der Waals surface area contributed by atoms with Crippen LogP contribution in [-0.4, -0.2) is 51.3 Å². The zero-order valence-electron chi connectivity index (χ0n) is 12.9. The van der Waals surface area contributed by atoms with Gasteiger partial charge in [0.2, 0.25) is 0 Å². The van der Waals surface area contributed by atoms with Gasteiger partial charge in [0.05, 0.1) is 13.7 Å². The molecule has 1 aliphatic carbocycles. The summed E-state index contributed by atoms with van der Waals surface area (Å²) in [5.41, 5.74) is 0.631. The van der Waals surface area contributed by atoms with E-state index in [-0.39, 0.29) is 5.91 Å². The van der Waals surface area contributed by atoms with Crippen molar-refractivity contribution in [2.24, 2.45) is 0 Å². The molecule has 5 heteroatoms. The number of ether oxygens (including phenoxy) is 3. The van der Waals surface area contributed by atoms with E-state index in [2.05, 4.69) is 0 Å². The molecule has 1 aromatic rings. The Morgan fingerprint density at radius 1 is 1.24 bits per heavy atom. The Balaban J connectivity index is 2.06. The summed E-state index contributed by atoms with van der Waals surface area (Å²) in [7, 11) is 5.10. The van der Waals surface area contributed by atoms with Gasteiger partial charge in [-0.15, -0.1) is 0 Å². The minimum absolute atomic E-state index is 0.0295. The molecule has 1 fully saturated rings. The van der Waals surface area contributed by atoms with Gasteiger partial charge in [-0.25, -0.2) is 0 Å². The Kier molecular flexibility index (Phi) is 5.44. The predicted molar refractivity (Wildman–Crippen MR) is 80.1 cm³/mol. The van der Waals surface area contributed by atoms with Crippen LogP contribution in [0.3, 0.4) is 0 Å². The Labute approximate surface area is 125 Å². The summed E-state index contributed by atoms with van der Waals surface area (Å²) in [4.78, 5) is 14.2. The highest BCUT2D eigenvalue weighted by atomic mass is 16.5. The van der Waals surface area contributed by atoms with Gasteiger partial charge in [-0.2, -0.15) is 0 Å². The number of hydrogen-bond acceptors (Lipinski definition) is 4. The second-order valence-electron chi connectivity index (χ2n) is 5.21. The van der Waals surface area contributed by atoms with Crippen LogP contribution in [0.4, 0.5) is 0 Å². The molecule has 0 N–H and O–H groups in total. The molecule has 2 rings (SSSR count). The van der Waals surface area contributed by atoms with E-state index < -0.39 is 0 Å². The quantitative estimate of drug-likeness (QED) is 0.690. The average molecular weight is 293 g/mol. The molecule has 0 aromatic heterocycles. The van der Waals surface area contributed by atoms with E-state index in [4.69, 9.17) is 14.2 Å². The van der Waals surface area contributed by atoms with Crippen molar-refractivity contribution in [2.75, 3.05) is 34.5 Å². The summed E-state index contributed by atoms with van der Waals surface area (Å²) in [5, 5.41) is 0. The summed E-state index contributed by atoms with van der Waals surface area (Å²) in [5.74, 6) is 1.27. The van der Waals surface area contributed by atoms with E-state index in [1.807, 2.05) is 7.05 Å². The monoisotopic (exact) mass is 293 g/mol. The first-order valence-corrected chi connectivity index (χ1v) is 7.24. The standard InChI is InChI=1S/C16H23NO4/c1-17(13-6-7-13)16(18)12-5-8-14(20-3)15(11-12)21-10-4-9-19-2/h5,8,11,13H,4,6-7,9-10H2,1-3H3. The topological polar surface area (TPSA) is 48.0 Å². The van der Waals surface area contributed by atoms with E-state index in [0.717, 1.165) is 19.3 Å². The normalized spacial score (nSPS) is 13.9. The maximum atomic E-state index is 12.4. The molecule has 0 atom stereocenters. The Hall–Kier alpha value is -1.75. The smallest absolute Gasteiger partial charge is 0.253 e. The molecule has 0 radical (unpaired) electrons. The van der Waals surface area contributed by atoms with Gasteiger partial charge < -0.3 is 19.1 Å². The summed E-state index contributed by atoms with van der Waals surface area (Å²) < 4.78 is 16.0. The minimum atomic E-state index is 0.0295. The third kappa shape index (κ3) is 4.11. The van der Waals surface area contributed by atoms with E-state index in [9.17, 15) is 4.79 Å². The fraction of sp³-hybridized carbons (Fsp3) is 0.562. The molecule has 0 aliphatic heterocycles. The number of benzene rings is 1. The Morgan fingerprint density at radius 3 is 2.62 bits per heavy atom. The highest BCUT2D eigenvalue weighted by Crippen LogP contribution is 2.31. The molecular formula is C16H23NO4. The van der Waals surface area contributed by atoms with Crippen molar-refractivity contribution in [3.05, 3.63) is 23.8 Å². The molecule has 0 unspecified atom stereocenters. The van der Waals surface area contributed by atoms with Crippen LogP contribution in [0.25, 0.3) is 0 Å². The first-order valence-electron chi connectivity index (χ1n) is 7.24. The fourth-order valence-electron chi connectivity index (χ4n) is 2.14. The highest BCUT2D eigenvalue weighted by molar-refractivity contribution is 5.95. The van der Waals surface area contributed by atoms with Crippen LogP contribution in [-0.2, 0) is 4.74 Å². The molecule has 0 bridgehead atoms. The molecule has 0 heterocycles. The number of hydrogen-bond donors (Lipinski definition) is 0. The van der Waals surface area contributed by atoms with Crippen LogP contribution in [0.2, 0.25) is 0 Å². The Morgan fingerprint density at radius 2 is 2.00 bits per heavy atom. The molecule has 1 saturated carbocycles. The first kappa shape index (κ1) is 15.6. The molecule has 116 valence electrons. The molecule has 1 aliphatic rings. The van der Waals surface area contributed by atoms with Crippen molar-refractivity contribution in [3.63, 3.8) is 0 Å². The number of methoxy groups -OCH3 is 2. The summed E-state index contributed by atoms with van der Waals surface area (Å²) in [6.45, 7) is 1.17. The average Bonchev–Trinajstić information content (AvgIpc) is 3.34. The third-order valence-corrected chi connectivity index (χ3v) is 3.58. The van der Waals surface area contributed by atoms with Gasteiger partial charge in [0, 0.05) is 38.8 Å². The fourth-order valence-corrected chi connectivity index (χ4v) is 2.14. The maximum Gasteiger partial charge on any atom is 0.253 e. The van der Waals surface area contributed by atoms with Gasteiger partial charge in [-0.1, -0.05) is 0 Å². The van der Waals surface area contributed by atoms with Gasteiger partial charge in [0.25, 0.3) is 5.91 Å². The SMILES string of the molecule is COCCCOc1cc(C(=O)N(C)C2CC2)ccc1OC. The van der Waals surface area contributed by atoms with Crippen molar-refractivity contribution in [3.8, 4) is 11.5 Å². The lowest BCUT2D eigenvalue weighted by Gasteiger charge is -2.17. The highest BCUT2D eigenvalue weighted by Gasteiger charge is 2.30. The van der Waals surface area contributed by atoms with E-state index >= 15 is 0 Å². The van der Waals surface area contributed by atoms with Crippen LogP contribution in [0.5, 0.6) is 11.5 Å². The predicted octanol–water partition coefficient (Wildman–Crippen LogP) is 2.34. The van der Waals surface area contributed by atoms with Crippen molar-refractivity contribution in [1.82, 2.24) is 4.90 Å². The first-order chi connectivity index (χ1) is 10.2. The minimum Gasteiger partial charge on any atom is -0.493 e. The number of nitrogens with zero attached hydrogens (tertiary/aromatic N) is 1. The van der Waals surface area contributed by atoms with Crippen molar-refractivity contribution in [1.29, 1.82) is 0 Å². The van der Waals surface area contributed by atoms with Crippen LogP contribution in [0, 0.1) is 0 Å². The number of carbonyl (C=O) groups is 1. The molecule has 5 nitrogen and oxygen atoms in total. The number of rotatable bonds is 8. The molecule has 0 spiro atoms. The number of amides is 1. The van der Waals surface area contributed by atoms with Gasteiger partial charge >= 0.3 is 0 Å². The molecule has 0 saturated heterocycles. The summed E-state index contributed by atoms with van der Waals surface area (Å²) in [6, 6.07) is 5.71. The van der Waals surface area contributed by atoms with Crippen LogP contribution in [0.15, 0.2) is 18.2 Å². The Bertz CT molecular complexity index is 485. The van der Waals surface area contributed by atoms with Gasteiger partial charge in [-0.3, -0.25) is 4.79 Å². The lowest BCUT2D eigenvalue weighted by atomic mass is 10.1. The zero-order chi connectivity index (χ0) is 15.2. The van der Waals surface area contributed by atoms with E-state index in [1.54, 1.807) is 37.3 Å². The zero-order valence-corrected chi connectivity index (χ0v) is 12.9. The molecule has 1 aromatic carbocycles. The second kappa shape index (κ2) is 7.31. The second-order valence-corrected chi connectivity index (χ2v) is 5.21. The van der Waals surface area contributed by atoms with Crippen molar-refractivity contribution >= 4 is 5.91 Å². The van der Waals surface area contributed by atoms with Gasteiger partial charge in [-0.05, 0) is 31.0 Å². The van der Waals surface area contributed by atoms with Gasteiger partial charge in [0.15, 0.2) is 11.5 Å². The van der Waals surface area contributed by atoms with E-state index in [1.165, 1.54) is 0 Å². The lowest BCUT2D eigenvalue weighted by Crippen LogP contribution is -2.28. The lowest BCUT2D eigenvalue weighted by molar-refractivity contribution is 0.0784. The van der Waals surface area contributed by atoms with Gasteiger partial charge in [0.1, 0.15) is 0 Å². The molecular weight excluding hydrogens is 270 g/mol. The maximum absolute atomic E-state index is 12.4. The molecule has 21 heavy (non-hydrogen) atoms. The third-order valence-electron chi connectivity index (χ3n) is 3.58. The summed E-state index contributed by atoms with van der Waals surface area (Å²) in [6.07, 6.45) is 2.98. The van der Waals surface area contributed by atoms with Crippen LogP contribution in [0.1, 0.15) is 29.6 Å².